The number of hydrogen-bond donors (Lipinski definition) is 0. The van der Waals surface area contributed by atoms with E-state index in [2.05, 4.69) is 40.9 Å². The molecular formula is C25H41N5O. The van der Waals surface area contributed by atoms with Crippen molar-refractivity contribution in [3.63, 3.8) is 0 Å². The molecule has 1 aromatic heterocycles. The van der Waals surface area contributed by atoms with Crippen LogP contribution < -0.4 is 4.90 Å². The van der Waals surface area contributed by atoms with E-state index in [4.69, 9.17) is 9.97 Å². The summed E-state index contributed by atoms with van der Waals surface area (Å²) in [6, 6.07) is 1.76. The first-order valence-corrected chi connectivity index (χ1v) is 12.5. The Bertz CT molecular complexity index is 712. The summed E-state index contributed by atoms with van der Waals surface area (Å²) in [6.45, 7) is 14.2. The molecule has 172 valence electrons. The second-order valence-corrected chi connectivity index (χ2v) is 10.5. The fourth-order valence-corrected chi connectivity index (χ4v) is 5.61. The first kappa shape index (κ1) is 22.7. The molecular weight excluding hydrogens is 386 g/mol. The topological polar surface area (TPSA) is 52.6 Å². The van der Waals surface area contributed by atoms with E-state index in [1.165, 1.54) is 31.2 Å². The van der Waals surface area contributed by atoms with Crippen LogP contribution in [0.1, 0.15) is 77.7 Å². The van der Waals surface area contributed by atoms with Crippen LogP contribution in [0.3, 0.4) is 0 Å². The zero-order chi connectivity index (χ0) is 22.0. The molecule has 6 nitrogen and oxygen atoms in total. The van der Waals surface area contributed by atoms with E-state index in [-0.39, 0.29) is 5.92 Å². The molecule has 4 rings (SSSR count). The summed E-state index contributed by atoms with van der Waals surface area (Å²) in [4.78, 5) is 29.1. The molecule has 31 heavy (non-hydrogen) atoms. The van der Waals surface area contributed by atoms with Gasteiger partial charge in [-0.1, -0.05) is 13.8 Å². The average Bonchev–Trinajstić information content (AvgIpc) is 3.03. The second-order valence-electron chi connectivity index (χ2n) is 10.5. The molecule has 0 amide bonds. The lowest BCUT2D eigenvalue weighted by Gasteiger charge is -2.42. The summed E-state index contributed by atoms with van der Waals surface area (Å²) in [5.74, 6) is 2.07. The predicted octanol–water partition coefficient (Wildman–Crippen LogP) is 3.72. The zero-order valence-electron chi connectivity index (χ0n) is 20.0. The summed E-state index contributed by atoms with van der Waals surface area (Å²) >= 11 is 0. The fourth-order valence-electron chi connectivity index (χ4n) is 5.61. The van der Waals surface area contributed by atoms with Crippen LogP contribution >= 0.6 is 0 Å². The van der Waals surface area contributed by atoms with Crippen molar-refractivity contribution in [1.29, 1.82) is 0 Å². The minimum atomic E-state index is 0.169. The number of fused-ring (bicyclic) bond motifs is 2. The van der Waals surface area contributed by atoms with E-state index < -0.39 is 0 Å². The van der Waals surface area contributed by atoms with Gasteiger partial charge in [0.05, 0.1) is 0 Å². The number of nitrogens with zero attached hydrogens (tertiary/aromatic N) is 5. The monoisotopic (exact) mass is 427 g/mol. The number of piperidine rings is 1. The molecule has 0 aromatic carbocycles. The van der Waals surface area contributed by atoms with Crippen molar-refractivity contribution in [2.24, 2.45) is 5.92 Å². The highest BCUT2D eigenvalue weighted by molar-refractivity contribution is 5.80. The van der Waals surface area contributed by atoms with Crippen LogP contribution in [0.5, 0.6) is 0 Å². The third kappa shape index (κ3) is 5.28. The average molecular weight is 428 g/mol. The normalized spacial score (nSPS) is 25.7. The smallest absolute Gasteiger partial charge is 0.225 e. The van der Waals surface area contributed by atoms with E-state index >= 15 is 0 Å². The Hall–Kier alpha value is -1.53. The third-order valence-corrected chi connectivity index (χ3v) is 7.73. The number of carbonyl (C=O) groups excluding carboxylic acids is 1. The Morgan fingerprint density at radius 3 is 2.16 bits per heavy atom. The Kier molecular flexibility index (Phi) is 7.27. The molecule has 0 radical (unpaired) electrons. The van der Waals surface area contributed by atoms with Crippen LogP contribution in [0.2, 0.25) is 0 Å². The zero-order valence-corrected chi connectivity index (χ0v) is 20.0. The lowest BCUT2D eigenvalue weighted by molar-refractivity contribution is -0.122. The minimum absolute atomic E-state index is 0.169. The third-order valence-electron chi connectivity index (χ3n) is 7.73. The molecule has 4 heterocycles. The first-order chi connectivity index (χ1) is 14.9. The van der Waals surface area contributed by atoms with Crippen LogP contribution in [0.25, 0.3) is 0 Å². The van der Waals surface area contributed by atoms with Gasteiger partial charge in [-0.3, -0.25) is 9.69 Å². The lowest BCUT2D eigenvalue weighted by atomic mass is 9.91. The van der Waals surface area contributed by atoms with Gasteiger partial charge in [0.2, 0.25) is 5.95 Å². The number of anilines is 1. The van der Waals surface area contributed by atoms with E-state index in [1.54, 1.807) is 0 Å². The summed E-state index contributed by atoms with van der Waals surface area (Å²) in [5.41, 5.74) is 1.30. The molecule has 2 atom stereocenters. The van der Waals surface area contributed by atoms with Crippen molar-refractivity contribution in [1.82, 2.24) is 19.8 Å². The molecule has 0 spiro atoms. The van der Waals surface area contributed by atoms with Gasteiger partial charge in [-0.25, -0.2) is 9.97 Å². The number of ketones is 1. The first-order valence-electron chi connectivity index (χ1n) is 12.5. The molecule has 1 aromatic rings. The molecule has 0 saturated carbocycles. The van der Waals surface area contributed by atoms with Crippen molar-refractivity contribution in [3.8, 4) is 0 Å². The van der Waals surface area contributed by atoms with Gasteiger partial charge in [0.25, 0.3) is 0 Å². The molecule has 3 aliphatic heterocycles. The number of rotatable bonds is 8. The molecule has 3 aliphatic rings. The number of hydrogen-bond acceptors (Lipinski definition) is 6. The van der Waals surface area contributed by atoms with E-state index in [0.717, 1.165) is 51.5 Å². The number of carbonyl (C=O) groups is 1. The highest BCUT2D eigenvalue weighted by Gasteiger charge is 2.41. The maximum atomic E-state index is 11.8. The highest BCUT2D eigenvalue weighted by Crippen LogP contribution is 2.34. The second kappa shape index (κ2) is 9.95. The van der Waals surface area contributed by atoms with Gasteiger partial charge < -0.3 is 9.80 Å². The van der Waals surface area contributed by atoms with Gasteiger partial charge in [-0.2, -0.15) is 0 Å². The van der Waals surface area contributed by atoms with Crippen LogP contribution in [0.15, 0.2) is 12.4 Å². The van der Waals surface area contributed by atoms with Gasteiger partial charge in [0.15, 0.2) is 0 Å². The van der Waals surface area contributed by atoms with Crippen molar-refractivity contribution in [2.75, 3.05) is 37.6 Å². The number of piperazine rings is 1. The Morgan fingerprint density at radius 1 is 1.00 bits per heavy atom. The summed E-state index contributed by atoms with van der Waals surface area (Å²) < 4.78 is 0. The maximum Gasteiger partial charge on any atom is 0.225 e. The van der Waals surface area contributed by atoms with Gasteiger partial charge >= 0.3 is 0 Å². The summed E-state index contributed by atoms with van der Waals surface area (Å²) in [6.07, 6.45) is 10.8. The lowest BCUT2D eigenvalue weighted by Crippen LogP contribution is -2.56. The van der Waals surface area contributed by atoms with Crippen LogP contribution in [-0.4, -0.2) is 76.4 Å². The molecule has 2 unspecified atom stereocenters. The van der Waals surface area contributed by atoms with E-state index in [0.29, 0.717) is 29.8 Å². The minimum Gasteiger partial charge on any atom is -0.332 e. The number of aromatic nitrogens is 2. The molecule has 6 heteroatoms. The molecule has 0 aliphatic carbocycles. The molecule has 2 bridgehead atoms. The molecule has 3 saturated heterocycles. The van der Waals surface area contributed by atoms with Crippen molar-refractivity contribution in [3.05, 3.63) is 18.0 Å². The predicted molar refractivity (Wildman–Crippen MR) is 126 cm³/mol. The van der Waals surface area contributed by atoms with Gasteiger partial charge in [0.1, 0.15) is 5.78 Å². The van der Waals surface area contributed by atoms with Crippen molar-refractivity contribution in [2.45, 2.75) is 90.3 Å². The van der Waals surface area contributed by atoms with Gasteiger partial charge in [0, 0.05) is 55.9 Å². The van der Waals surface area contributed by atoms with Gasteiger partial charge in [-0.05, 0) is 77.1 Å². The van der Waals surface area contributed by atoms with Crippen molar-refractivity contribution >= 4 is 11.7 Å². The van der Waals surface area contributed by atoms with Crippen molar-refractivity contribution < 1.29 is 4.79 Å². The maximum absolute atomic E-state index is 11.8. The summed E-state index contributed by atoms with van der Waals surface area (Å²) in [7, 11) is 0. The number of likely N-dealkylation sites (tertiary alicyclic amines) is 2. The fraction of sp³-hybridized carbons (Fsp3) is 0.800. The van der Waals surface area contributed by atoms with Crippen LogP contribution in [0, 0.1) is 5.92 Å². The molecule has 0 N–H and O–H groups in total. The van der Waals surface area contributed by atoms with Crippen LogP contribution in [-0.2, 0) is 4.79 Å². The van der Waals surface area contributed by atoms with Crippen LogP contribution in [0.4, 0.5) is 5.95 Å². The highest BCUT2D eigenvalue weighted by atomic mass is 16.1. The van der Waals surface area contributed by atoms with E-state index in [9.17, 15) is 4.79 Å². The molecule has 3 fully saturated rings. The Morgan fingerprint density at radius 2 is 1.61 bits per heavy atom. The summed E-state index contributed by atoms with van der Waals surface area (Å²) in [5, 5.41) is 0. The largest absolute Gasteiger partial charge is 0.332 e. The quantitative estimate of drug-likeness (QED) is 0.630. The standard InChI is InChI=1S/C25H41N5O/c1-18(2)24(31)6-5-11-28-12-9-20(10-13-28)21-14-26-25(27-15-21)30-22-7-8-23(30)17-29(16-22)19(3)4/h14-15,18-20,22-23H,5-13,16-17H2,1-4H3. The van der Waals surface area contributed by atoms with Gasteiger partial charge in [-0.15, -0.1) is 0 Å². The SMILES string of the molecule is CC(C)C(=O)CCCN1CCC(c2cnc(N3C4CCC3CN(C(C)C)C4)nc2)CC1. The Balaban J connectivity index is 1.27. The number of Topliss-reactive ketones (excluding diaryl/α,β-unsaturated/α-hetero) is 1. The van der Waals surface area contributed by atoms with E-state index in [1.807, 2.05) is 13.8 Å². The Labute approximate surface area is 188 Å².